The minimum absolute atomic E-state index is 0.116. The van der Waals surface area contributed by atoms with Crippen LogP contribution in [0.3, 0.4) is 0 Å². The van der Waals surface area contributed by atoms with Gasteiger partial charge in [-0.25, -0.2) is 0 Å². The molecule has 3 nitrogen and oxygen atoms in total. The van der Waals surface area contributed by atoms with Crippen LogP contribution in [-0.4, -0.2) is 11.1 Å². The smallest absolute Gasteiger partial charge is 0.253 e. The molecule has 0 radical (unpaired) electrons. The first-order chi connectivity index (χ1) is 8.63. The molecule has 2 N–H and O–H groups in total. The van der Waals surface area contributed by atoms with Crippen LogP contribution in [0.1, 0.15) is 24.0 Å². The predicted molar refractivity (Wildman–Crippen MR) is 75.9 cm³/mol. The van der Waals surface area contributed by atoms with Gasteiger partial charge >= 0.3 is 0 Å². The normalized spacial score (nSPS) is 11.1. The lowest BCUT2D eigenvalue weighted by atomic mass is 10.1. The summed E-state index contributed by atoms with van der Waals surface area (Å²) in [6.07, 6.45) is 2.76. The Bertz CT molecular complexity index is 614. The number of rotatable bonds is 4. The molecule has 2 aromatic rings. The van der Waals surface area contributed by atoms with Crippen molar-refractivity contribution in [1.82, 2.24) is 4.57 Å². The highest BCUT2D eigenvalue weighted by Gasteiger charge is 2.06. The van der Waals surface area contributed by atoms with Gasteiger partial charge in [0.1, 0.15) is 0 Å². The molecule has 1 aromatic heterocycles. The number of nitrogens with zero attached hydrogens (tertiary/aromatic N) is 1. The Labute approximate surface area is 107 Å². The van der Waals surface area contributed by atoms with Gasteiger partial charge in [-0.05, 0) is 55.8 Å². The van der Waals surface area contributed by atoms with Crippen LogP contribution in [0.4, 0.5) is 0 Å². The van der Waals surface area contributed by atoms with Crippen molar-refractivity contribution in [3.8, 4) is 0 Å². The van der Waals surface area contributed by atoms with E-state index in [0.717, 1.165) is 35.7 Å². The first-order valence-electron chi connectivity index (χ1n) is 6.43. The molecule has 96 valence electrons. The van der Waals surface area contributed by atoms with Crippen molar-refractivity contribution in [2.75, 3.05) is 6.54 Å². The SMILES string of the molecule is Cc1ccc2cc(CCCCN)c(=O)n(C)c2c1. The molecule has 0 aliphatic heterocycles. The molecule has 1 aromatic carbocycles. The summed E-state index contributed by atoms with van der Waals surface area (Å²) in [4.78, 5) is 12.2. The zero-order chi connectivity index (χ0) is 13.1. The number of fused-ring (bicyclic) bond motifs is 1. The number of aromatic nitrogens is 1. The van der Waals surface area contributed by atoms with Gasteiger partial charge in [0.2, 0.25) is 0 Å². The summed E-state index contributed by atoms with van der Waals surface area (Å²) < 4.78 is 1.75. The lowest BCUT2D eigenvalue weighted by molar-refractivity contribution is 0.732. The average Bonchev–Trinajstić information content (AvgIpc) is 2.36. The van der Waals surface area contributed by atoms with Crippen molar-refractivity contribution in [3.63, 3.8) is 0 Å². The molecule has 2 rings (SSSR count). The summed E-state index contributed by atoms with van der Waals surface area (Å²) in [5.41, 5.74) is 8.67. The summed E-state index contributed by atoms with van der Waals surface area (Å²) >= 11 is 0. The van der Waals surface area contributed by atoms with Gasteiger partial charge in [0.05, 0.1) is 5.52 Å². The van der Waals surface area contributed by atoms with Gasteiger partial charge in [-0.1, -0.05) is 12.1 Å². The predicted octanol–water partition coefficient (Wildman–Crippen LogP) is 2.13. The molecule has 0 fully saturated rings. The average molecular weight is 244 g/mol. The van der Waals surface area contributed by atoms with Crippen LogP contribution in [0.15, 0.2) is 29.1 Å². The molecular weight excluding hydrogens is 224 g/mol. The first kappa shape index (κ1) is 12.8. The van der Waals surface area contributed by atoms with Crippen molar-refractivity contribution < 1.29 is 0 Å². The zero-order valence-electron chi connectivity index (χ0n) is 11.1. The van der Waals surface area contributed by atoms with Crippen LogP contribution in [0.25, 0.3) is 10.9 Å². The highest BCUT2D eigenvalue weighted by atomic mass is 16.1. The summed E-state index contributed by atoms with van der Waals surface area (Å²) in [5.74, 6) is 0. The standard InChI is InChI=1S/C15H20N2O/c1-11-6-7-12-10-13(5-3-4-8-16)15(18)17(2)14(12)9-11/h6-7,9-10H,3-5,8,16H2,1-2H3. The molecule has 0 spiro atoms. The molecule has 0 bridgehead atoms. The van der Waals surface area contributed by atoms with E-state index in [0.29, 0.717) is 6.54 Å². The second kappa shape index (κ2) is 5.36. The monoisotopic (exact) mass is 244 g/mol. The Morgan fingerprint density at radius 1 is 1.22 bits per heavy atom. The van der Waals surface area contributed by atoms with Crippen LogP contribution in [0.5, 0.6) is 0 Å². The third kappa shape index (κ3) is 2.46. The maximum Gasteiger partial charge on any atom is 0.253 e. The maximum atomic E-state index is 12.2. The van der Waals surface area contributed by atoms with E-state index >= 15 is 0 Å². The number of hydrogen-bond acceptors (Lipinski definition) is 2. The van der Waals surface area contributed by atoms with E-state index in [2.05, 4.69) is 18.2 Å². The van der Waals surface area contributed by atoms with Gasteiger partial charge in [-0.15, -0.1) is 0 Å². The quantitative estimate of drug-likeness (QED) is 0.838. The lowest BCUT2D eigenvalue weighted by Gasteiger charge is -2.09. The number of benzene rings is 1. The van der Waals surface area contributed by atoms with Crippen LogP contribution in [0, 0.1) is 6.92 Å². The van der Waals surface area contributed by atoms with Crippen molar-refractivity contribution in [2.45, 2.75) is 26.2 Å². The third-order valence-corrected chi connectivity index (χ3v) is 3.36. The van der Waals surface area contributed by atoms with E-state index in [1.807, 2.05) is 20.0 Å². The Kier molecular flexibility index (Phi) is 3.82. The van der Waals surface area contributed by atoms with Crippen molar-refractivity contribution >= 4 is 10.9 Å². The zero-order valence-corrected chi connectivity index (χ0v) is 11.1. The molecule has 0 saturated carbocycles. The van der Waals surface area contributed by atoms with Crippen molar-refractivity contribution in [3.05, 3.63) is 45.7 Å². The lowest BCUT2D eigenvalue weighted by Crippen LogP contribution is -2.21. The van der Waals surface area contributed by atoms with Gasteiger partial charge in [0, 0.05) is 12.6 Å². The van der Waals surface area contributed by atoms with Crippen LogP contribution in [-0.2, 0) is 13.5 Å². The molecule has 0 amide bonds. The Morgan fingerprint density at radius 2 is 2.00 bits per heavy atom. The largest absolute Gasteiger partial charge is 0.330 e. The van der Waals surface area contributed by atoms with Gasteiger partial charge < -0.3 is 10.3 Å². The van der Waals surface area contributed by atoms with E-state index < -0.39 is 0 Å². The van der Waals surface area contributed by atoms with E-state index in [9.17, 15) is 4.79 Å². The fourth-order valence-electron chi connectivity index (χ4n) is 2.28. The number of nitrogens with two attached hydrogens (primary N) is 1. The van der Waals surface area contributed by atoms with Gasteiger partial charge in [-0.2, -0.15) is 0 Å². The Balaban J connectivity index is 2.47. The fourth-order valence-corrected chi connectivity index (χ4v) is 2.28. The molecule has 1 heterocycles. The van der Waals surface area contributed by atoms with E-state index in [-0.39, 0.29) is 5.56 Å². The highest BCUT2D eigenvalue weighted by molar-refractivity contribution is 5.80. The van der Waals surface area contributed by atoms with Crippen molar-refractivity contribution in [2.24, 2.45) is 12.8 Å². The number of hydrogen-bond donors (Lipinski definition) is 1. The molecule has 0 atom stereocenters. The second-order valence-corrected chi connectivity index (χ2v) is 4.84. The first-order valence-corrected chi connectivity index (χ1v) is 6.43. The maximum absolute atomic E-state index is 12.2. The highest BCUT2D eigenvalue weighted by Crippen LogP contribution is 2.15. The van der Waals surface area contributed by atoms with Crippen molar-refractivity contribution in [1.29, 1.82) is 0 Å². The summed E-state index contributed by atoms with van der Waals surface area (Å²) in [7, 11) is 1.84. The topological polar surface area (TPSA) is 48.0 Å². The molecule has 0 aliphatic carbocycles. The minimum Gasteiger partial charge on any atom is -0.330 e. The van der Waals surface area contributed by atoms with Gasteiger partial charge in [0.15, 0.2) is 0 Å². The summed E-state index contributed by atoms with van der Waals surface area (Å²) in [5, 5.41) is 1.13. The minimum atomic E-state index is 0.116. The van der Waals surface area contributed by atoms with E-state index in [1.165, 1.54) is 5.56 Å². The van der Waals surface area contributed by atoms with Gasteiger partial charge in [0.25, 0.3) is 5.56 Å². The summed E-state index contributed by atoms with van der Waals surface area (Å²) in [6, 6.07) is 8.24. The summed E-state index contributed by atoms with van der Waals surface area (Å²) in [6.45, 7) is 2.73. The molecule has 0 saturated heterocycles. The van der Waals surface area contributed by atoms with E-state index in [1.54, 1.807) is 4.57 Å². The third-order valence-electron chi connectivity index (χ3n) is 3.36. The number of aryl methyl sites for hydroxylation is 3. The van der Waals surface area contributed by atoms with Crippen LogP contribution < -0.4 is 11.3 Å². The van der Waals surface area contributed by atoms with Crippen LogP contribution in [0.2, 0.25) is 0 Å². The Morgan fingerprint density at radius 3 is 2.72 bits per heavy atom. The Hall–Kier alpha value is -1.61. The molecule has 0 unspecified atom stereocenters. The molecule has 18 heavy (non-hydrogen) atoms. The van der Waals surface area contributed by atoms with E-state index in [4.69, 9.17) is 5.73 Å². The molecular formula is C15H20N2O. The number of pyridine rings is 1. The fraction of sp³-hybridized carbons (Fsp3) is 0.400. The molecule has 0 aliphatic rings. The molecule has 3 heteroatoms. The van der Waals surface area contributed by atoms with Gasteiger partial charge in [-0.3, -0.25) is 4.79 Å². The van der Waals surface area contributed by atoms with Crippen LogP contribution >= 0.6 is 0 Å². The number of unbranched alkanes of at least 4 members (excludes halogenated alkanes) is 1. The second-order valence-electron chi connectivity index (χ2n) is 4.84.